The molecule has 5 heteroatoms. The van der Waals surface area contributed by atoms with Crippen LogP contribution < -0.4 is 5.32 Å². The molecule has 27 heavy (non-hydrogen) atoms. The molecular formula is C22H30N4O. The van der Waals surface area contributed by atoms with E-state index in [1.165, 1.54) is 5.56 Å². The van der Waals surface area contributed by atoms with Crippen molar-refractivity contribution in [3.05, 3.63) is 41.2 Å². The first kappa shape index (κ1) is 19.4. The standard InChI is InChI=1S/C22H30N4O/c1-7-15(12-27)18-11-26(6)22-17(18)10-14(4)20(25-22)16-8-9-19(13(2)3)24-21(16)23-5/h8-11,13,15,27H,7,12H2,1-6H3,(H,23,24). The molecule has 0 fully saturated rings. The minimum Gasteiger partial charge on any atom is -0.396 e. The minimum absolute atomic E-state index is 0.139. The maximum absolute atomic E-state index is 9.74. The summed E-state index contributed by atoms with van der Waals surface area (Å²) >= 11 is 0. The summed E-state index contributed by atoms with van der Waals surface area (Å²) in [4.78, 5) is 9.78. The van der Waals surface area contributed by atoms with Crippen molar-refractivity contribution in [2.75, 3.05) is 19.0 Å². The summed E-state index contributed by atoms with van der Waals surface area (Å²) in [6, 6.07) is 6.39. The molecule has 0 radical (unpaired) electrons. The highest BCUT2D eigenvalue weighted by Gasteiger charge is 2.19. The summed E-state index contributed by atoms with van der Waals surface area (Å²) in [5.74, 6) is 1.37. The predicted octanol–water partition coefficient (Wildman–Crippen LogP) is 4.59. The highest BCUT2D eigenvalue weighted by atomic mass is 16.3. The van der Waals surface area contributed by atoms with Crippen LogP contribution in [0.4, 0.5) is 5.82 Å². The molecule has 0 saturated carbocycles. The molecule has 144 valence electrons. The Morgan fingerprint density at radius 2 is 1.96 bits per heavy atom. The minimum atomic E-state index is 0.139. The Kier molecular flexibility index (Phi) is 5.51. The normalized spacial score (nSPS) is 12.7. The average molecular weight is 367 g/mol. The molecule has 3 aromatic heterocycles. The number of hydrogen-bond acceptors (Lipinski definition) is 4. The highest BCUT2D eigenvalue weighted by molar-refractivity contribution is 5.87. The predicted molar refractivity (Wildman–Crippen MR) is 112 cm³/mol. The molecule has 3 heterocycles. The molecule has 3 rings (SSSR count). The van der Waals surface area contributed by atoms with Crippen LogP contribution in [0.15, 0.2) is 24.4 Å². The van der Waals surface area contributed by atoms with Gasteiger partial charge in [0.1, 0.15) is 11.5 Å². The van der Waals surface area contributed by atoms with Crippen LogP contribution in [0.2, 0.25) is 0 Å². The Balaban J connectivity index is 2.20. The number of nitrogens with zero attached hydrogens (tertiary/aromatic N) is 3. The first-order valence-corrected chi connectivity index (χ1v) is 9.67. The van der Waals surface area contributed by atoms with E-state index in [0.717, 1.165) is 45.8 Å². The Morgan fingerprint density at radius 1 is 1.22 bits per heavy atom. The van der Waals surface area contributed by atoms with Gasteiger partial charge in [0, 0.05) is 49.5 Å². The summed E-state index contributed by atoms with van der Waals surface area (Å²) in [5, 5.41) is 14.1. The van der Waals surface area contributed by atoms with Crippen molar-refractivity contribution in [2.45, 2.75) is 46.0 Å². The van der Waals surface area contributed by atoms with E-state index in [9.17, 15) is 5.11 Å². The topological polar surface area (TPSA) is 63.0 Å². The largest absolute Gasteiger partial charge is 0.396 e. The Hall–Kier alpha value is -2.40. The van der Waals surface area contributed by atoms with E-state index in [2.05, 4.69) is 62.0 Å². The second-order valence-corrected chi connectivity index (χ2v) is 7.55. The third-order valence-electron chi connectivity index (χ3n) is 5.32. The smallest absolute Gasteiger partial charge is 0.140 e. The zero-order valence-corrected chi connectivity index (χ0v) is 17.2. The van der Waals surface area contributed by atoms with E-state index >= 15 is 0 Å². The number of aliphatic hydroxyl groups excluding tert-OH is 1. The fourth-order valence-corrected chi connectivity index (χ4v) is 3.65. The maximum atomic E-state index is 9.74. The lowest BCUT2D eigenvalue weighted by Gasteiger charge is -2.14. The van der Waals surface area contributed by atoms with E-state index in [-0.39, 0.29) is 12.5 Å². The van der Waals surface area contributed by atoms with Gasteiger partial charge < -0.3 is 15.0 Å². The van der Waals surface area contributed by atoms with Crippen LogP contribution in [0.3, 0.4) is 0 Å². The fraction of sp³-hybridized carbons (Fsp3) is 0.455. The molecule has 0 aromatic carbocycles. The van der Waals surface area contributed by atoms with E-state index in [1.807, 2.05) is 14.1 Å². The van der Waals surface area contributed by atoms with Gasteiger partial charge in [-0.25, -0.2) is 9.97 Å². The van der Waals surface area contributed by atoms with E-state index in [0.29, 0.717) is 5.92 Å². The molecule has 0 bridgehead atoms. The fourth-order valence-electron chi connectivity index (χ4n) is 3.65. The molecule has 0 aliphatic rings. The van der Waals surface area contributed by atoms with E-state index in [4.69, 9.17) is 9.97 Å². The zero-order valence-electron chi connectivity index (χ0n) is 17.2. The molecular weight excluding hydrogens is 336 g/mol. The molecule has 2 N–H and O–H groups in total. The van der Waals surface area contributed by atoms with E-state index < -0.39 is 0 Å². The Labute approximate surface area is 161 Å². The number of pyridine rings is 2. The van der Waals surface area contributed by atoms with Crippen LogP contribution in [-0.2, 0) is 7.05 Å². The monoisotopic (exact) mass is 366 g/mol. The van der Waals surface area contributed by atoms with Crippen LogP contribution in [0.1, 0.15) is 55.8 Å². The van der Waals surface area contributed by atoms with Crippen LogP contribution >= 0.6 is 0 Å². The first-order chi connectivity index (χ1) is 12.9. The molecule has 1 atom stereocenters. The van der Waals surface area contributed by atoms with Crippen LogP contribution in [0.25, 0.3) is 22.3 Å². The third-order valence-corrected chi connectivity index (χ3v) is 5.32. The average Bonchev–Trinajstić information content (AvgIpc) is 2.97. The van der Waals surface area contributed by atoms with Gasteiger partial charge in [-0.15, -0.1) is 0 Å². The molecule has 3 aromatic rings. The second kappa shape index (κ2) is 7.69. The number of fused-ring (bicyclic) bond motifs is 1. The Bertz CT molecular complexity index is 955. The van der Waals surface area contributed by atoms with Gasteiger partial charge in [-0.3, -0.25) is 0 Å². The molecule has 1 unspecified atom stereocenters. The quantitative estimate of drug-likeness (QED) is 0.669. The second-order valence-electron chi connectivity index (χ2n) is 7.55. The molecule has 0 saturated heterocycles. The number of hydrogen-bond donors (Lipinski definition) is 2. The van der Waals surface area contributed by atoms with Crippen molar-refractivity contribution >= 4 is 16.9 Å². The van der Waals surface area contributed by atoms with E-state index in [1.54, 1.807) is 0 Å². The summed E-state index contributed by atoms with van der Waals surface area (Å²) < 4.78 is 2.06. The highest BCUT2D eigenvalue weighted by Crippen LogP contribution is 2.34. The Morgan fingerprint density at radius 3 is 2.56 bits per heavy atom. The van der Waals surface area contributed by atoms with Crippen LogP contribution in [0.5, 0.6) is 0 Å². The van der Waals surface area contributed by atoms with Crippen LogP contribution in [-0.4, -0.2) is 33.3 Å². The molecule has 0 spiro atoms. The molecule has 5 nitrogen and oxygen atoms in total. The molecule has 0 aliphatic carbocycles. The first-order valence-electron chi connectivity index (χ1n) is 9.67. The summed E-state index contributed by atoms with van der Waals surface area (Å²) in [6.07, 6.45) is 3.01. The van der Waals surface area contributed by atoms with Gasteiger partial charge in [-0.2, -0.15) is 0 Å². The maximum Gasteiger partial charge on any atom is 0.140 e. The number of aryl methyl sites for hydroxylation is 2. The number of aliphatic hydroxyl groups is 1. The lowest BCUT2D eigenvalue weighted by atomic mass is 9.96. The molecule has 0 aliphatic heterocycles. The molecule has 0 amide bonds. The summed E-state index contributed by atoms with van der Waals surface area (Å²) in [6.45, 7) is 8.65. The zero-order chi connectivity index (χ0) is 19.7. The lowest BCUT2D eigenvalue weighted by Crippen LogP contribution is -2.03. The third kappa shape index (κ3) is 3.44. The van der Waals surface area contributed by atoms with Crippen molar-refractivity contribution in [1.29, 1.82) is 0 Å². The lowest BCUT2D eigenvalue weighted by molar-refractivity contribution is 0.263. The van der Waals surface area contributed by atoms with Gasteiger partial charge in [-0.1, -0.05) is 20.8 Å². The number of anilines is 1. The SMILES string of the molecule is CCC(CO)c1cn(C)c2nc(-c3ccc(C(C)C)nc3NC)c(C)cc12. The van der Waals surface area contributed by atoms with Crippen molar-refractivity contribution < 1.29 is 5.11 Å². The van der Waals surface area contributed by atoms with Crippen molar-refractivity contribution in [3.63, 3.8) is 0 Å². The van der Waals surface area contributed by atoms with Gasteiger partial charge in [0.15, 0.2) is 0 Å². The number of rotatable bonds is 6. The van der Waals surface area contributed by atoms with Gasteiger partial charge >= 0.3 is 0 Å². The van der Waals surface area contributed by atoms with Crippen molar-refractivity contribution in [1.82, 2.24) is 14.5 Å². The van der Waals surface area contributed by atoms with Gasteiger partial charge in [0.05, 0.1) is 5.69 Å². The summed E-state index contributed by atoms with van der Waals surface area (Å²) in [5.41, 5.74) is 6.24. The summed E-state index contributed by atoms with van der Waals surface area (Å²) in [7, 11) is 3.92. The number of aromatic nitrogens is 3. The van der Waals surface area contributed by atoms with Gasteiger partial charge in [-0.05, 0) is 48.6 Å². The van der Waals surface area contributed by atoms with Gasteiger partial charge in [0.2, 0.25) is 0 Å². The van der Waals surface area contributed by atoms with Crippen molar-refractivity contribution in [2.24, 2.45) is 7.05 Å². The van der Waals surface area contributed by atoms with Gasteiger partial charge in [0.25, 0.3) is 0 Å². The number of nitrogens with one attached hydrogen (secondary N) is 1. The van der Waals surface area contributed by atoms with Crippen molar-refractivity contribution in [3.8, 4) is 11.3 Å². The van der Waals surface area contributed by atoms with Crippen LogP contribution in [0, 0.1) is 6.92 Å².